The lowest BCUT2D eigenvalue weighted by Gasteiger charge is -2.34. The first kappa shape index (κ1) is 23.9. The molecule has 3 heteroatoms. The van der Waals surface area contributed by atoms with Gasteiger partial charge in [-0.3, -0.25) is 4.90 Å². The van der Waals surface area contributed by atoms with Crippen LogP contribution in [0.15, 0.2) is 152 Å². The molecule has 0 spiro atoms. The van der Waals surface area contributed by atoms with Gasteiger partial charge in [0.15, 0.2) is 5.82 Å². The summed E-state index contributed by atoms with van der Waals surface area (Å²) < 4.78 is 0. The highest BCUT2D eigenvalue weighted by molar-refractivity contribution is 6.19. The summed E-state index contributed by atoms with van der Waals surface area (Å²) in [6.07, 6.45) is 0. The summed E-state index contributed by atoms with van der Waals surface area (Å²) in [6.45, 7) is 0. The molecule has 0 saturated heterocycles. The molecule has 3 nitrogen and oxygen atoms in total. The van der Waals surface area contributed by atoms with Crippen LogP contribution in [0.4, 0.5) is 17.2 Å². The fourth-order valence-electron chi connectivity index (χ4n) is 6.58. The van der Waals surface area contributed by atoms with Crippen LogP contribution in [-0.4, -0.2) is 9.97 Å². The fraction of sp³-hybridized carbons (Fsp3) is 0. The van der Waals surface area contributed by atoms with Crippen molar-refractivity contribution in [2.45, 2.75) is 0 Å². The molecule has 0 radical (unpaired) electrons. The Morgan fingerprint density at radius 2 is 1.07 bits per heavy atom. The van der Waals surface area contributed by atoms with Crippen molar-refractivity contribution in [3.8, 4) is 33.5 Å². The molecule has 1 aliphatic rings. The second kappa shape index (κ2) is 9.37. The molecule has 0 amide bonds. The van der Waals surface area contributed by atoms with Crippen molar-refractivity contribution in [3.63, 3.8) is 0 Å². The average Bonchev–Trinajstić information content (AvgIpc) is 3.08. The lowest BCUT2D eigenvalue weighted by Crippen LogP contribution is -2.18. The van der Waals surface area contributed by atoms with E-state index in [0.29, 0.717) is 0 Å². The molecule has 0 aliphatic carbocycles. The first-order valence-electron chi connectivity index (χ1n) is 14.6. The van der Waals surface area contributed by atoms with Gasteiger partial charge in [0.05, 0.1) is 22.4 Å². The van der Waals surface area contributed by atoms with Gasteiger partial charge in [-0.15, -0.1) is 0 Å². The number of fused-ring (bicyclic) bond motifs is 5. The third-order valence-electron chi connectivity index (χ3n) is 8.57. The Morgan fingerprint density at radius 1 is 0.419 bits per heavy atom. The van der Waals surface area contributed by atoms with Gasteiger partial charge in [-0.05, 0) is 45.7 Å². The van der Waals surface area contributed by atoms with Crippen LogP contribution >= 0.6 is 0 Å². The standard InChI is InChI=1S/C40H25N3/c1-2-10-26(11-3-1)27-20-22-30(23-21-27)38-40(42-35-18-7-6-17-34(35)41-38)43-36-19-9-14-29-13-8-16-32(37(29)36)33-25-24-28-12-4-5-15-31(28)39(33)43/h1-25H. The van der Waals surface area contributed by atoms with Crippen LogP contribution in [0.1, 0.15) is 0 Å². The van der Waals surface area contributed by atoms with Crippen molar-refractivity contribution in [2.24, 2.45) is 0 Å². The molecule has 2 heterocycles. The Labute approximate surface area is 249 Å². The molecule has 1 aromatic heterocycles. The largest absolute Gasteiger partial charge is 0.291 e. The number of benzene rings is 7. The van der Waals surface area contributed by atoms with Gasteiger partial charge in [-0.25, -0.2) is 9.97 Å². The first-order valence-corrected chi connectivity index (χ1v) is 14.6. The molecule has 9 rings (SSSR count). The van der Waals surface area contributed by atoms with Gasteiger partial charge in [0.1, 0.15) is 5.69 Å². The van der Waals surface area contributed by atoms with Crippen LogP contribution in [0, 0.1) is 0 Å². The Bertz CT molecular complexity index is 2340. The Hall–Kier alpha value is -5.80. The van der Waals surface area contributed by atoms with Crippen LogP contribution in [0.3, 0.4) is 0 Å². The summed E-state index contributed by atoms with van der Waals surface area (Å²) in [7, 11) is 0. The molecule has 200 valence electrons. The van der Waals surface area contributed by atoms with Gasteiger partial charge in [0, 0.05) is 21.9 Å². The number of para-hydroxylation sites is 2. The summed E-state index contributed by atoms with van der Waals surface area (Å²) in [5.74, 6) is 0.825. The molecule has 0 N–H and O–H groups in total. The third-order valence-corrected chi connectivity index (χ3v) is 8.57. The summed E-state index contributed by atoms with van der Waals surface area (Å²) >= 11 is 0. The summed E-state index contributed by atoms with van der Waals surface area (Å²) in [6, 6.07) is 53.6. The van der Waals surface area contributed by atoms with E-state index >= 15 is 0 Å². The van der Waals surface area contributed by atoms with Gasteiger partial charge in [0.25, 0.3) is 0 Å². The minimum Gasteiger partial charge on any atom is -0.291 e. The van der Waals surface area contributed by atoms with Gasteiger partial charge in [0.2, 0.25) is 0 Å². The van der Waals surface area contributed by atoms with E-state index in [0.717, 1.165) is 39.5 Å². The van der Waals surface area contributed by atoms with Crippen molar-refractivity contribution in [2.75, 3.05) is 4.90 Å². The van der Waals surface area contributed by atoms with E-state index < -0.39 is 0 Å². The van der Waals surface area contributed by atoms with Crippen molar-refractivity contribution in [1.82, 2.24) is 9.97 Å². The van der Waals surface area contributed by atoms with Gasteiger partial charge in [-0.2, -0.15) is 0 Å². The number of aromatic nitrogens is 2. The molecule has 0 saturated carbocycles. The van der Waals surface area contributed by atoms with Gasteiger partial charge < -0.3 is 0 Å². The van der Waals surface area contributed by atoms with Crippen molar-refractivity contribution in [1.29, 1.82) is 0 Å². The lowest BCUT2D eigenvalue weighted by molar-refractivity contribution is 1.18. The van der Waals surface area contributed by atoms with E-state index in [1.54, 1.807) is 0 Å². The van der Waals surface area contributed by atoms with E-state index in [9.17, 15) is 0 Å². The summed E-state index contributed by atoms with van der Waals surface area (Å²) in [5, 5.41) is 4.82. The SMILES string of the molecule is c1ccc(-c2ccc(-c3nc4ccccc4nc3N3c4c(ccc5ccccc45)-c4cccc5cccc3c45)cc2)cc1. The predicted octanol–water partition coefficient (Wildman–Crippen LogP) is 10.7. The molecule has 8 aromatic rings. The zero-order valence-electron chi connectivity index (χ0n) is 23.3. The van der Waals surface area contributed by atoms with Crippen LogP contribution in [0.2, 0.25) is 0 Å². The Morgan fingerprint density at radius 3 is 1.91 bits per heavy atom. The van der Waals surface area contributed by atoms with E-state index in [1.165, 1.54) is 43.8 Å². The zero-order valence-corrected chi connectivity index (χ0v) is 23.3. The quantitative estimate of drug-likeness (QED) is 0.220. The molecule has 0 unspecified atom stereocenters. The number of anilines is 3. The van der Waals surface area contributed by atoms with Crippen LogP contribution in [0.25, 0.3) is 66.1 Å². The number of hydrogen-bond acceptors (Lipinski definition) is 3. The average molecular weight is 548 g/mol. The normalized spacial score (nSPS) is 12.1. The number of nitrogens with zero attached hydrogens (tertiary/aromatic N) is 3. The minimum absolute atomic E-state index is 0.825. The highest BCUT2D eigenvalue weighted by Gasteiger charge is 2.30. The second-order valence-electron chi connectivity index (χ2n) is 11.0. The van der Waals surface area contributed by atoms with E-state index in [2.05, 4.69) is 132 Å². The van der Waals surface area contributed by atoms with E-state index in [4.69, 9.17) is 9.97 Å². The highest BCUT2D eigenvalue weighted by Crippen LogP contribution is 2.54. The summed E-state index contributed by atoms with van der Waals surface area (Å²) in [5.41, 5.74) is 10.7. The first-order chi connectivity index (χ1) is 21.3. The third kappa shape index (κ3) is 3.68. The zero-order chi connectivity index (χ0) is 28.3. The Balaban J connectivity index is 1.37. The smallest absolute Gasteiger partial charge is 0.165 e. The van der Waals surface area contributed by atoms with Crippen LogP contribution in [0.5, 0.6) is 0 Å². The number of rotatable bonds is 3. The molecule has 7 aromatic carbocycles. The molecule has 1 aliphatic heterocycles. The maximum absolute atomic E-state index is 5.38. The van der Waals surface area contributed by atoms with E-state index in [1.807, 2.05) is 24.3 Å². The summed E-state index contributed by atoms with van der Waals surface area (Å²) in [4.78, 5) is 13.0. The van der Waals surface area contributed by atoms with Crippen LogP contribution < -0.4 is 4.90 Å². The predicted molar refractivity (Wildman–Crippen MR) is 179 cm³/mol. The van der Waals surface area contributed by atoms with Gasteiger partial charge >= 0.3 is 0 Å². The number of hydrogen-bond donors (Lipinski definition) is 0. The van der Waals surface area contributed by atoms with E-state index in [-0.39, 0.29) is 0 Å². The maximum atomic E-state index is 5.38. The fourth-order valence-corrected chi connectivity index (χ4v) is 6.58. The molecular weight excluding hydrogens is 522 g/mol. The molecule has 0 fully saturated rings. The molecular formula is C40H25N3. The Kier molecular flexibility index (Phi) is 5.20. The monoisotopic (exact) mass is 547 g/mol. The van der Waals surface area contributed by atoms with Gasteiger partial charge in [-0.1, -0.05) is 133 Å². The highest BCUT2D eigenvalue weighted by atomic mass is 15.2. The maximum Gasteiger partial charge on any atom is 0.165 e. The topological polar surface area (TPSA) is 29.0 Å². The molecule has 0 bridgehead atoms. The molecule has 0 atom stereocenters. The van der Waals surface area contributed by atoms with Crippen LogP contribution in [-0.2, 0) is 0 Å². The lowest BCUT2D eigenvalue weighted by atomic mass is 9.88. The molecule has 43 heavy (non-hydrogen) atoms. The van der Waals surface area contributed by atoms with Crippen molar-refractivity contribution in [3.05, 3.63) is 152 Å². The minimum atomic E-state index is 0.825. The van der Waals surface area contributed by atoms with Crippen molar-refractivity contribution < 1.29 is 0 Å². The van der Waals surface area contributed by atoms with Crippen molar-refractivity contribution >= 4 is 49.8 Å². The second-order valence-corrected chi connectivity index (χ2v) is 11.0.